The maximum absolute atomic E-state index is 14.7. The van der Waals surface area contributed by atoms with Crippen LogP contribution in [-0.4, -0.2) is 46.6 Å². The van der Waals surface area contributed by atoms with Crippen LogP contribution in [0.15, 0.2) is 102 Å². The van der Waals surface area contributed by atoms with Gasteiger partial charge in [-0.25, -0.2) is 0 Å². The van der Waals surface area contributed by atoms with Crippen molar-refractivity contribution in [2.75, 3.05) is 7.11 Å². The Hall–Kier alpha value is -5.44. The number of benzene rings is 4. The van der Waals surface area contributed by atoms with Gasteiger partial charge in [-0.05, 0) is 41.0 Å². The van der Waals surface area contributed by atoms with Gasteiger partial charge in [0.25, 0.3) is 5.69 Å². The SMILES string of the molecule is COc1ccc(C(=O)[C@H]2[C@H](c3cccc([N+](=O)[O-])c3)C3(C(=O)c4ccccc4C3=O)C3c4ccccc4C=NN32)cc1. The van der Waals surface area contributed by atoms with Gasteiger partial charge in [-0.3, -0.25) is 29.5 Å². The van der Waals surface area contributed by atoms with Crippen LogP contribution in [0.3, 0.4) is 0 Å². The highest BCUT2D eigenvalue weighted by Gasteiger charge is 2.72. The highest BCUT2D eigenvalue weighted by Crippen LogP contribution is 2.64. The van der Waals surface area contributed by atoms with Crippen molar-refractivity contribution < 1.29 is 24.0 Å². The number of Topliss-reactive ketones (excluding diaryl/α,β-unsaturated/α-hetero) is 3. The van der Waals surface area contributed by atoms with E-state index in [0.717, 1.165) is 5.56 Å². The topological polar surface area (TPSA) is 119 Å². The van der Waals surface area contributed by atoms with Gasteiger partial charge in [-0.2, -0.15) is 5.10 Å². The lowest BCUT2D eigenvalue weighted by molar-refractivity contribution is -0.384. The molecule has 0 aromatic heterocycles. The molecule has 1 aliphatic carbocycles. The zero-order valence-electron chi connectivity index (χ0n) is 22.3. The van der Waals surface area contributed by atoms with Gasteiger partial charge in [0.15, 0.2) is 17.3 Å². The molecular formula is C33H23N3O6. The Bertz CT molecular complexity index is 1810. The van der Waals surface area contributed by atoms with Gasteiger partial charge >= 0.3 is 0 Å². The summed E-state index contributed by atoms with van der Waals surface area (Å²) in [5.74, 6) is -1.75. The molecule has 0 bridgehead atoms. The molecule has 3 aliphatic rings. The first-order valence-corrected chi connectivity index (χ1v) is 13.4. The summed E-state index contributed by atoms with van der Waals surface area (Å²) < 4.78 is 5.27. The number of hydrazone groups is 1. The Labute approximate surface area is 240 Å². The third-order valence-corrected chi connectivity index (χ3v) is 8.66. The second-order valence-corrected chi connectivity index (χ2v) is 10.6. The lowest BCUT2D eigenvalue weighted by Crippen LogP contribution is -2.43. The summed E-state index contributed by atoms with van der Waals surface area (Å²) in [6.45, 7) is 0. The third kappa shape index (κ3) is 3.36. The summed E-state index contributed by atoms with van der Waals surface area (Å²) in [5.41, 5.74) is 0.601. The molecule has 7 rings (SSSR count). The van der Waals surface area contributed by atoms with Gasteiger partial charge in [-0.1, -0.05) is 60.7 Å². The Balaban J connectivity index is 1.54. The van der Waals surface area contributed by atoms with E-state index < -0.39 is 39.9 Å². The molecule has 2 aliphatic heterocycles. The summed E-state index contributed by atoms with van der Waals surface area (Å²) in [6.07, 6.45) is 1.63. The average molecular weight is 558 g/mol. The standard InChI is InChI=1S/C33H23N3O6/c1-42-23-15-13-19(14-16-23)29(37)28-27(20-8-6-9-22(17-20)36(40)41)33(31(38)25-11-4-5-12-26(25)32(33)39)30-24-10-3-2-7-21(24)18-34-35(28)30/h2-18,27-28,30H,1H3/t27-,28+,30?/m0/s1. The number of carbonyl (C=O) groups is 3. The van der Waals surface area contributed by atoms with E-state index >= 15 is 0 Å². The molecule has 9 nitrogen and oxygen atoms in total. The number of methoxy groups -OCH3 is 1. The van der Waals surface area contributed by atoms with Gasteiger partial charge in [0, 0.05) is 34.7 Å². The number of hydrogen-bond acceptors (Lipinski definition) is 8. The van der Waals surface area contributed by atoms with Crippen LogP contribution in [0.5, 0.6) is 5.75 Å². The average Bonchev–Trinajstić information content (AvgIpc) is 3.47. The maximum atomic E-state index is 14.7. The van der Waals surface area contributed by atoms with Crippen molar-refractivity contribution in [3.8, 4) is 5.75 Å². The van der Waals surface area contributed by atoms with Crippen molar-refractivity contribution in [1.82, 2.24) is 5.01 Å². The zero-order valence-corrected chi connectivity index (χ0v) is 22.3. The van der Waals surface area contributed by atoms with Gasteiger partial charge in [0.05, 0.1) is 24.3 Å². The number of hydrogen-bond donors (Lipinski definition) is 0. The normalized spacial score (nSPS) is 21.2. The molecule has 1 saturated heterocycles. The molecule has 0 saturated carbocycles. The monoisotopic (exact) mass is 557 g/mol. The Morgan fingerprint density at radius 3 is 2.24 bits per heavy atom. The first-order chi connectivity index (χ1) is 20.4. The van der Waals surface area contributed by atoms with Crippen LogP contribution in [0, 0.1) is 15.5 Å². The van der Waals surface area contributed by atoms with Crippen molar-refractivity contribution in [2.45, 2.75) is 18.0 Å². The molecule has 0 amide bonds. The molecule has 4 aromatic rings. The van der Waals surface area contributed by atoms with E-state index in [9.17, 15) is 24.5 Å². The van der Waals surface area contributed by atoms with Crippen molar-refractivity contribution in [3.63, 3.8) is 0 Å². The molecule has 42 heavy (non-hydrogen) atoms. The van der Waals surface area contributed by atoms with Gasteiger partial charge < -0.3 is 4.74 Å². The summed E-state index contributed by atoms with van der Waals surface area (Å²) in [4.78, 5) is 55.3. The van der Waals surface area contributed by atoms with E-state index in [2.05, 4.69) is 0 Å². The van der Waals surface area contributed by atoms with Crippen LogP contribution in [0.4, 0.5) is 5.69 Å². The summed E-state index contributed by atoms with van der Waals surface area (Å²) in [6, 6.07) is 24.4. The lowest BCUT2D eigenvalue weighted by Gasteiger charge is -2.36. The maximum Gasteiger partial charge on any atom is 0.269 e. The Morgan fingerprint density at radius 1 is 0.905 bits per heavy atom. The number of fused-ring (bicyclic) bond motifs is 5. The molecule has 1 spiro atoms. The van der Waals surface area contributed by atoms with Crippen molar-refractivity contribution in [1.29, 1.82) is 0 Å². The molecule has 9 heteroatoms. The van der Waals surface area contributed by atoms with Gasteiger partial charge in [-0.15, -0.1) is 0 Å². The van der Waals surface area contributed by atoms with Crippen LogP contribution >= 0.6 is 0 Å². The molecule has 4 aromatic carbocycles. The predicted octanol–water partition coefficient (Wildman–Crippen LogP) is 5.41. The minimum atomic E-state index is -1.81. The second kappa shape index (κ2) is 9.31. The first kappa shape index (κ1) is 25.5. The first-order valence-electron chi connectivity index (χ1n) is 13.4. The van der Waals surface area contributed by atoms with E-state index in [1.165, 1.54) is 25.3 Å². The molecule has 1 unspecified atom stereocenters. The molecule has 0 N–H and O–H groups in total. The van der Waals surface area contributed by atoms with Crippen molar-refractivity contribution in [3.05, 3.63) is 141 Å². The number of carbonyl (C=O) groups excluding carboxylic acids is 3. The summed E-state index contributed by atoms with van der Waals surface area (Å²) >= 11 is 0. The zero-order chi connectivity index (χ0) is 29.2. The highest BCUT2D eigenvalue weighted by atomic mass is 16.6. The summed E-state index contributed by atoms with van der Waals surface area (Å²) in [7, 11) is 1.52. The van der Waals surface area contributed by atoms with E-state index in [1.54, 1.807) is 65.8 Å². The molecule has 2 heterocycles. The Morgan fingerprint density at radius 2 is 1.57 bits per heavy atom. The van der Waals surface area contributed by atoms with Crippen LogP contribution in [-0.2, 0) is 0 Å². The summed E-state index contributed by atoms with van der Waals surface area (Å²) in [5, 5.41) is 18.1. The van der Waals surface area contributed by atoms with Crippen LogP contribution in [0.1, 0.15) is 59.7 Å². The van der Waals surface area contributed by atoms with Crippen molar-refractivity contribution >= 4 is 29.3 Å². The highest BCUT2D eigenvalue weighted by molar-refractivity contribution is 6.31. The quantitative estimate of drug-likeness (QED) is 0.139. The fourth-order valence-corrected chi connectivity index (χ4v) is 6.91. The number of ketones is 3. The molecule has 206 valence electrons. The van der Waals surface area contributed by atoms with Crippen LogP contribution in [0.25, 0.3) is 0 Å². The van der Waals surface area contributed by atoms with E-state index in [-0.39, 0.29) is 22.6 Å². The smallest absolute Gasteiger partial charge is 0.269 e. The minimum Gasteiger partial charge on any atom is -0.497 e. The van der Waals surface area contributed by atoms with E-state index in [4.69, 9.17) is 9.84 Å². The molecular weight excluding hydrogens is 534 g/mol. The molecule has 1 fully saturated rings. The number of nitro benzene ring substituents is 1. The number of rotatable bonds is 5. The molecule has 0 radical (unpaired) electrons. The number of non-ortho nitro benzene ring substituents is 1. The van der Waals surface area contributed by atoms with Gasteiger partial charge in [0.2, 0.25) is 0 Å². The van der Waals surface area contributed by atoms with Gasteiger partial charge in [0.1, 0.15) is 17.2 Å². The van der Waals surface area contributed by atoms with Crippen molar-refractivity contribution in [2.24, 2.45) is 10.5 Å². The Kier molecular flexibility index (Phi) is 5.65. The minimum absolute atomic E-state index is 0.206. The lowest BCUT2D eigenvalue weighted by atomic mass is 9.63. The largest absolute Gasteiger partial charge is 0.497 e. The van der Waals surface area contributed by atoms with Crippen LogP contribution < -0.4 is 4.74 Å². The van der Waals surface area contributed by atoms with Crippen LogP contribution in [0.2, 0.25) is 0 Å². The molecule has 3 atom stereocenters. The third-order valence-electron chi connectivity index (χ3n) is 8.66. The predicted molar refractivity (Wildman–Crippen MR) is 153 cm³/mol. The number of ether oxygens (including phenoxy) is 1. The number of nitrogens with zero attached hydrogens (tertiary/aromatic N) is 3. The van der Waals surface area contributed by atoms with E-state index in [1.807, 2.05) is 24.3 Å². The number of nitro groups is 1. The fourth-order valence-electron chi connectivity index (χ4n) is 6.91. The fraction of sp³-hybridized carbons (Fsp3) is 0.152. The second-order valence-electron chi connectivity index (χ2n) is 10.6. The van der Waals surface area contributed by atoms with E-state index in [0.29, 0.717) is 22.4 Å².